The molecule has 8 heteroatoms. The number of carbonyl (C=O) groups is 1. The van der Waals surface area contributed by atoms with Gasteiger partial charge in [0.15, 0.2) is 0 Å². The number of benzene rings is 2. The Hall–Kier alpha value is -1.93. The van der Waals surface area contributed by atoms with Gasteiger partial charge in [-0.1, -0.05) is 41.9 Å². The first-order valence-corrected chi connectivity index (χ1v) is 11.0. The maximum absolute atomic E-state index is 13.0. The summed E-state index contributed by atoms with van der Waals surface area (Å²) in [4.78, 5) is 12.9. The number of carbonyl (C=O) groups excluding carboxylic acids is 1. The molecule has 1 amide bonds. The quantitative estimate of drug-likeness (QED) is 0.806. The molecule has 4 rings (SSSR count). The van der Waals surface area contributed by atoms with E-state index >= 15 is 0 Å². The van der Waals surface area contributed by atoms with Crippen LogP contribution in [0.25, 0.3) is 0 Å². The normalized spacial score (nSPS) is 19.2. The number of morpholine rings is 1. The van der Waals surface area contributed by atoms with E-state index in [-0.39, 0.29) is 28.9 Å². The fourth-order valence-corrected chi connectivity index (χ4v) is 5.39. The van der Waals surface area contributed by atoms with Crippen molar-refractivity contribution in [3.05, 3.63) is 59.1 Å². The Balaban J connectivity index is 1.58. The number of rotatable bonds is 5. The number of ether oxygens (including phenoxy) is 1. The number of nitrogens with one attached hydrogen (secondary N) is 1. The summed E-state index contributed by atoms with van der Waals surface area (Å²) in [6.45, 7) is 1.28. The Morgan fingerprint density at radius 1 is 1.07 bits per heavy atom. The molecule has 6 nitrogen and oxygen atoms in total. The highest BCUT2D eigenvalue weighted by atomic mass is 35.5. The Morgan fingerprint density at radius 2 is 1.75 bits per heavy atom. The maximum Gasteiger partial charge on any atom is 0.244 e. The summed E-state index contributed by atoms with van der Waals surface area (Å²) < 4.78 is 32.5. The molecule has 1 heterocycles. The monoisotopic (exact) mass is 420 g/mol. The number of halogens is 1. The minimum absolute atomic E-state index is 0.00146. The van der Waals surface area contributed by atoms with E-state index in [9.17, 15) is 13.2 Å². The highest BCUT2D eigenvalue weighted by molar-refractivity contribution is 7.89. The van der Waals surface area contributed by atoms with Gasteiger partial charge in [0.1, 0.15) is 4.90 Å². The first kappa shape index (κ1) is 19.4. The van der Waals surface area contributed by atoms with Gasteiger partial charge in [0.05, 0.1) is 23.7 Å². The smallest absolute Gasteiger partial charge is 0.244 e. The third-order valence-electron chi connectivity index (χ3n) is 5.29. The van der Waals surface area contributed by atoms with Crippen molar-refractivity contribution in [3.8, 4) is 0 Å². The van der Waals surface area contributed by atoms with Gasteiger partial charge in [-0.25, -0.2) is 8.42 Å². The Kier molecular flexibility index (Phi) is 5.18. The molecule has 1 aliphatic heterocycles. The molecule has 0 unspecified atom stereocenters. The Labute approximate surface area is 169 Å². The lowest BCUT2D eigenvalue weighted by molar-refractivity contribution is -0.118. The van der Waals surface area contributed by atoms with E-state index in [0.29, 0.717) is 18.9 Å². The molecule has 0 radical (unpaired) electrons. The zero-order valence-corrected chi connectivity index (χ0v) is 16.8. The van der Waals surface area contributed by atoms with Gasteiger partial charge in [-0.2, -0.15) is 4.31 Å². The van der Waals surface area contributed by atoms with E-state index in [1.165, 1.54) is 16.4 Å². The Morgan fingerprint density at radius 3 is 2.39 bits per heavy atom. The van der Waals surface area contributed by atoms with E-state index in [1.807, 2.05) is 30.3 Å². The molecule has 2 aromatic rings. The molecule has 2 fully saturated rings. The average Bonchev–Trinajstić information content (AvgIpc) is 3.53. The number of sulfonamides is 1. The van der Waals surface area contributed by atoms with Gasteiger partial charge < -0.3 is 10.1 Å². The third kappa shape index (κ3) is 3.55. The summed E-state index contributed by atoms with van der Waals surface area (Å²) in [7, 11) is -3.75. The van der Waals surface area contributed by atoms with Gasteiger partial charge in [-0.15, -0.1) is 0 Å². The van der Waals surface area contributed by atoms with Crippen LogP contribution in [0.1, 0.15) is 18.4 Å². The Bertz CT molecular complexity index is 985. The molecule has 2 aliphatic rings. The van der Waals surface area contributed by atoms with Crippen molar-refractivity contribution in [2.75, 3.05) is 31.6 Å². The molecule has 28 heavy (non-hydrogen) atoms. The summed E-state index contributed by atoms with van der Waals surface area (Å²) in [5.41, 5.74) is 0.857. The zero-order chi connectivity index (χ0) is 19.8. The molecule has 0 atom stereocenters. The van der Waals surface area contributed by atoms with E-state index < -0.39 is 15.4 Å². The lowest BCUT2D eigenvalue weighted by Gasteiger charge is -2.26. The van der Waals surface area contributed by atoms with E-state index in [2.05, 4.69) is 5.32 Å². The topological polar surface area (TPSA) is 75.7 Å². The van der Waals surface area contributed by atoms with Crippen molar-refractivity contribution in [2.24, 2.45) is 0 Å². The van der Waals surface area contributed by atoms with E-state index in [4.69, 9.17) is 16.3 Å². The molecule has 1 saturated carbocycles. The van der Waals surface area contributed by atoms with Crippen molar-refractivity contribution < 1.29 is 17.9 Å². The van der Waals surface area contributed by atoms with E-state index in [1.54, 1.807) is 6.07 Å². The predicted octanol–water partition coefficient (Wildman–Crippen LogP) is 3.03. The second-order valence-electron chi connectivity index (χ2n) is 7.06. The standard InChI is InChI=1S/C20H21ClN2O4S/c21-17-7-6-16(14-18(17)28(25,26)23-10-12-27-13-11-23)22-19(24)20(8-9-20)15-4-2-1-3-5-15/h1-7,14H,8-13H2,(H,22,24). The first-order chi connectivity index (χ1) is 13.4. The van der Waals surface area contributed by atoms with Gasteiger partial charge in [-0.05, 0) is 36.6 Å². The summed E-state index contributed by atoms with van der Waals surface area (Å²) in [5.74, 6) is -0.129. The van der Waals surface area contributed by atoms with Crippen LogP contribution < -0.4 is 5.32 Å². The van der Waals surface area contributed by atoms with Crippen molar-refractivity contribution in [1.82, 2.24) is 4.31 Å². The van der Waals surface area contributed by atoms with Crippen LogP contribution in [0.5, 0.6) is 0 Å². The van der Waals surface area contributed by atoms with Crippen LogP contribution in [-0.4, -0.2) is 44.9 Å². The van der Waals surface area contributed by atoms with Gasteiger partial charge in [0.2, 0.25) is 15.9 Å². The number of hydrogen-bond donors (Lipinski definition) is 1. The summed E-state index contributed by atoms with van der Waals surface area (Å²) in [6, 6.07) is 14.2. The molecule has 1 aliphatic carbocycles. The molecule has 0 bridgehead atoms. The largest absolute Gasteiger partial charge is 0.379 e. The molecule has 0 aromatic heterocycles. The van der Waals surface area contributed by atoms with Crippen LogP contribution in [0.15, 0.2) is 53.4 Å². The zero-order valence-electron chi connectivity index (χ0n) is 15.2. The van der Waals surface area contributed by atoms with Crippen molar-refractivity contribution in [2.45, 2.75) is 23.2 Å². The van der Waals surface area contributed by atoms with E-state index in [0.717, 1.165) is 18.4 Å². The number of anilines is 1. The molecular weight excluding hydrogens is 400 g/mol. The van der Waals surface area contributed by atoms with Crippen LogP contribution in [-0.2, 0) is 25.0 Å². The molecule has 1 N–H and O–H groups in total. The van der Waals surface area contributed by atoms with Gasteiger partial charge in [-0.3, -0.25) is 4.79 Å². The minimum atomic E-state index is -3.75. The van der Waals surface area contributed by atoms with Crippen LogP contribution in [0, 0.1) is 0 Å². The lowest BCUT2D eigenvalue weighted by atomic mass is 9.95. The molecule has 0 spiro atoms. The lowest BCUT2D eigenvalue weighted by Crippen LogP contribution is -2.40. The average molecular weight is 421 g/mol. The highest BCUT2D eigenvalue weighted by Crippen LogP contribution is 2.49. The van der Waals surface area contributed by atoms with Gasteiger partial charge >= 0.3 is 0 Å². The number of nitrogens with zero attached hydrogens (tertiary/aromatic N) is 1. The highest BCUT2D eigenvalue weighted by Gasteiger charge is 2.51. The minimum Gasteiger partial charge on any atom is -0.379 e. The summed E-state index contributed by atoms with van der Waals surface area (Å²) in [5, 5.41) is 3.01. The second-order valence-corrected chi connectivity index (χ2v) is 9.38. The fraction of sp³-hybridized carbons (Fsp3) is 0.350. The third-order valence-corrected chi connectivity index (χ3v) is 7.67. The molecule has 1 saturated heterocycles. The van der Waals surface area contributed by atoms with Crippen LogP contribution >= 0.6 is 11.6 Å². The fourth-order valence-electron chi connectivity index (χ4n) is 3.48. The summed E-state index contributed by atoms with van der Waals surface area (Å²) >= 11 is 6.18. The molecule has 2 aromatic carbocycles. The van der Waals surface area contributed by atoms with Crippen LogP contribution in [0.4, 0.5) is 5.69 Å². The van der Waals surface area contributed by atoms with Crippen molar-refractivity contribution >= 4 is 33.2 Å². The second kappa shape index (κ2) is 7.48. The van der Waals surface area contributed by atoms with Crippen molar-refractivity contribution in [3.63, 3.8) is 0 Å². The first-order valence-electron chi connectivity index (χ1n) is 9.18. The number of amides is 1. The predicted molar refractivity (Wildman–Crippen MR) is 107 cm³/mol. The maximum atomic E-state index is 13.0. The van der Waals surface area contributed by atoms with Crippen LogP contribution in [0.2, 0.25) is 5.02 Å². The molecule has 148 valence electrons. The SMILES string of the molecule is O=C(Nc1ccc(Cl)c(S(=O)(=O)N2CCOCC2)c1)C1(c2ccccc2)CC1. The summed E-state index contributed by atoms with van der Waals surface area (Å²) in [6.07, 6.45) is 1.55. The van der Waals surface area contributed by atoms with Crippen LogP contribution in [0.3, 0.4) is 0 Å². The van der Waals surface area contributed by atoms with Gasteiger partial charge in [0, 0.05) is 18.8 Å². The van der Waals surface area contributed by atoms with Crippen molar-refractivity contribution in [1.29, 1.82) is 0 Å². The molecular formula is C20H21ClN2O4S. The number of hydrogen-bond acceptors (Lipinski definition) is 4. The van der Waals surface area contributed by atoms with Gasteiger partial charge in [0.25, 0.3) is 0 Å².